The number of rotatable bonds is 21. The van der Waals surface area contributed by atoms with Crippen LogP contribution in [0.1, 0.15) is 215 Å². The Bertz CT molecular complexity index is 892. The smallest absolute Gasteiger partial charge is 0.306 e. The number of esters is 1. The van der Waals surface area contributed by atoms with Gasteiger partial charge in [-0.2, -0.15) is 0 Å². The summed E-state index contributed by atoms with van der Waals surface area (Å²) in [5, 5.41) is 0. The molecule has 2 nitrogen and oxygen atoms in total. The summed E-state index contributed by atoms with van der Waals surface area (Å²) in [6, 6.07) is 0. The van der Waals surface area contributed by atoms with Gasteiger partial charge in [-0.3, -0.25) is 4.79 Å². The minimum atomic E-state index is 0.0913. The largest absolute Gasteiger partial charge is 0.462 e. The normalized spacial score (nSPS) is 34.2. The second-order valence-electron chi connectivity index (χ2n) is 19.2. The first-order valence-corrected chi connectivity index (χ1v) is 21.7. The van der Waals surface area contributed by atoms with Gasteiger partial charge in [0, 0.05) is 6.42 Å². The Morgan fingerprint density at radius 1 is 0.596 bits per heavy atom. The zero-order valence-corrected chi connectivity index (χ0v) is 32.9. The number of hydrogen-bond donors (Lipinski definition) is 0. The van der Waals surface area contributed by atoms with Crippen molar-refractivity contribution >= 4 is 5.97 Å². The molecule has 0 bridgehead atoms. The van der Waals surface area contributed by atoms with E-state index in [2.05, 4.69) is 48.5 Å². The maximum absolute atomic E-state index is 12.8. The molecule has 4 aliphatic carbocycles. The van der Waals surface area contributed by atoms with Crippen molar-refractivity contribution in [2.75, 3.05) is 0 Å². The van der Waals surface area contributed by atoms with Crippen molar-refractivity contribution < 1.29 is 9.53 Å². The second-order valence-corrected chi connectivity index (χ2v) is 19.2. The number of hydrogen-bond acceptors (Lipinski definition) is 2. The molecule has 0 saturated heterocycles. The zero-order valence-electron chi connectivity index (χ0n) is 32.9. The SMILES string of the molecule is CC(C)CCCCCCCCCCCCCCC(=O)OC1CC[C@@]2(C)C(CCC3C2CC[C@@]2(C)C3CC[C@@H]2[C@H](C)CCCC(C)C)C1. The van der Waals surface area contributed by atoms with Gasteiger partial charge < -0.3 is 4.74 Å². The first-order valence-electron chi connectivity index (χ1n) is 21.7. The van der Waals surface area contributed by atoms with E-state index in [1.807, 2.05) is 0 Å². The molecule has 4 saturated carbocycles. The first kappa shape index (κ1) is 39.3. The standard InChI is InChI=1S/C45H82O2/c1-34(2)21-18-16-14-12-10-8-9-11-13-15-17-19-24-43(46)47-38-29-31-44(6)37(33-38)25-26-39-41-28-27-40(36(5)23-20-22-35(3)4)45(41,7)32-30-42(39)44/h34-42H,8-33H2,1-7H3/t36-,37?,38?,39?,40-,41?,42?,44+,45-/m1/s1. The maximum Gasteiger partial charge on any atom is 0.306 e. The van der Waals surface area contributed by atoms with Crippen LogP contribution < -0.4 is 0 Å². The summed E-state index contributed by atoms with van der Waals surface area (Å²) in [6.07, 6.45) is 34.9. The van der Waals surface area contributed by atoms with Crippen LogP contribution in [0.5, 0.6) is 0 Å². The molecular weight excluding hydrogens is 572 g/mol. The Labute approximate surface area is 294 Å². The van der Waals surface area contributed by atoms with Crippen LogP contribution in [0.15, 0.2) is 0 Å². The summed E-state index contributed by atoms with van der Waals surface area (Å²) >= 11 is 0. The first-order chi connectivity index (χ1) is 22.5. The maximum atomic E-state index is 12.8. The highest BCUT2D eigenvalue weighted by Gasteiger charge is 2.60. The van der Waals surface area contributed by atoms with Crippen molar-refractivity contribution in [3.63, 3.8) is 0 Å². The number of fused-ring (bicyclic) bond motifs is 5. The molecule has 5 unspecified atom stereocenters. The molecule has 2 heteroatoms. The lowest BCUT2D eigenvalue weighted by molar-refractivity contribution is -0.162. The number of carbonyl (C=O) groups excluding carboxylic acids is 1. The molecule has 0 amide bonds. The second kappa shape index (κ2) is 19.2. The van der Waals surface area contributed by atoms with E-state index in [1.54, 1.807) is 0 Å². The average Bonchev–Trinajstić information content (AvgIpc) is 3.38. The molecule has 47 heavy (non-hydrogen) atoms. The molecule has 4 aliphatic rings. The molecule has 4 fully saturated rings. The lowest BCUT2D eigenvalue weighted by Gasteiger charge is -2.61. The summed E-state index contributed by atoms with van der Waals surface area (Å²) in [5.74, 6) is 7.23. The van der Waals surface area contributed by atoms with E-state index in [0.717, 1.165) is 66.6 Å². The van der Waals surface area contributed by atoms with Crippen molar-refractivity contribution in [3.8, 4) is 0 Å². The summed E-state index contributed by atoms with van der Waals surface area (Å²) in [6.45, 7) is 17.4. The lowest BCUT2D eigenvalue weighted by atomic mass is 9.44. The lowest BCUT2D eigenvalue weighted by Crippen LogP contribution is -2.54. The van der Waals surface area contributed by atoms with Crippen LogP contribution in [0, 0.1) is 58.2 Å². The molecule has 0 aromatic carbocycles. The van der Waals surface area contributed by atoms with Crippen molar-refractivity contribution in [1.82, 2.24) is 0 Å². The molecule has 4 rings (SSSR count). The van der Waals surface area contributed by atoms with E-state index in [1.165, 1.54) is 141 Å². The minimum Gasteiger partial charge on any atom is -0.462 e. The molecule has 0 aliphatic heterocycles. The fourth-order valence-electron chi connectivity index (χ4n) is 12.2. The Hall–Kier alpha value is -0.530. The van der Waals surface area contributed by atoms with E-state index in [4.69, 9.17) is 4.74 Å². The van der Waals surface area contributed by atoms with Gasteiger partial charge in [-0.25, -0.2) is 0 Å². The Kier molecular flexibility index (Phi) is 16.0. The Balaban J connectivity index is 1.09. The predicted molar refractivity (Wildman–Crippen MR) is 202 cm³/mol. The molecular formula is C45H82O2. The molecule has 0 aromatic heterocycles. The van der Waals surface area contributed by atoms with E-state index >= 15 is 0 Å². The van der Waals surface area contributed by atoms with Crippen LogP contribution in [0.4, 0.5) is 0 Å². The third kappa shape index (κ3) is 11.0. The van der Waals surface area contributed by atoms with Gasteiger partial charge in [-0.1, -0.05) is 145 Å². The van der Waals surface area contributed by atoms with Gasteiger partial charge in [0.25, 0.3) is 0 Å². The molecule has 0 spiro atoms. The highest BCUT2D eigenvalue weighted by molar-refractivity contribution is 5.69. The molecule has 0 N–H and O–H groups in total. The number of unbranched alkanes of at least 4 members (excludes halogenated alkanes) is 11. The van der Waals surface area contributed by atoms with Crippen molar-refractivity contribution in [1.29, 1.82) is 0 Å². The zero-order chi connectivity index (χ0) is 33.9. The van der Waals surface area contributed by atoms with Crippen LogP contribution >= 0.6 is 0 Å². The fraction of sp³-hybridized carbons (Fsp3) is 0.978. The van der Waals surface area contributed by atoms with Gasteiger partial charge >= 0.3 is 5.97 Å². The quantitative estimate of drug-likeness (QED) is 0.0909. The molecule has 0 heterocycles. The summed E-state index contributed by atoms with van der Waals surface area (Å²) in [4.78, 5) is 12.8. The van der Waals surface area contributed by atoms with Crippen LogP contribution in [0.2, 0.25) is 0 Å². The summed E-state index contributed by atoms with van der Waals surface area (Å²) < 4.78 is 6.17. The van der Waals surface area contributed by atoms with Gasteiger partial charge in [0.1, 0.15) is 6.10 Å². The van der Waals surface area contributed by atoms with E-state index in [0.29, 0.717) is 17.3 Å². The molecule has 274 valence electrons. The number of ether oxygens (including phenoxy) is 1. The van der Waals surface area contributed by atoms with Crippen LogP contribution in [0.25, 0.3) is 0 Å². The van der Waals surface area contributed by atoms with Gasteiger partial charge in [0.05, 0.1) is 0 Å². The van der Waals surface area contributed by atoms with Gasteiger partial charge in [-0.15, -0.1) is 0 Å². The topological polar surface area (TPSA) is 26.3 Å². The highest BCUT2D eigenvalue weighted by Crippen LogP contribution is 2.68. The third-order valence-corrected chi connectivity index (χ3v) is 15.0. The molecule has 0 radical (unpaired) electrons. The van der Waals surface area contributed by atoms with E-state index < -0.39 is 0 Å². The Morgan fingerprint density at radius 3 is 1.79 bits per heavy atom. The van der Waals surface area contributed by atoms with Crippen molar-refractivity contribution in [3.05, 3.63) is 0 Å². The fourth-order valence-corrected chi connectivity index (χ4v) is 12.2. The predicted octanol–water partition coefficient (Wildman–Crippen LogP) is 14.1. The van der Waals surface area contributed by atoms with Crippen LogP contribution in [0.3, 0.4) is 0 Å². The van der Waals surface area contributed by atoms with Crippen molar-refractivity contribution in [2.45, 2.75) is 222 Å². The van der Waals surface area contributed by atoms with Gasteiger partial charge in [-0.05, 0) is 122 Å². The van der Waals surface area contributed by atoms with Gasteiger partial charge in [0.2, 0.25) is 0 Å². The summed E-state index contributed by atoms with van der Waals surface area (Å²) in [7, 11) is 0. The minimum absolute atomic E-state index is 0.0913. The van der Waals surface area contributed by atoms with Gasteiger partial charge in [0.15, 0.2) is 0 Å². The molecule has 9 atom stereocenters. The Morgan fingerprint density at radius 2 is 1.15 bits per heavy atom. The average molecular weight is 655 g/mol. The van der Waals surface area contributed by atoms with E-state index in [-0.39, 0.29) is 12.1 Å². The third-order valence-electron chi connectivity index (χ3n) is 15.0. The van der Waals surface area contributed by atoms with Crippen LogP contribution in [-0.2, 0) is 9.53 Å². The summed E-state index contributed by atoms with van der Waals surface area (Å²) in [5.41, 5.74) is 1.06. The monoisotopic (exact) mass is 655 g/mol. The number of carbonyl (C=O) groups is 1. The van der Waals surface area contributed by atoms with E-state index in [9.17, 15) is 4.79 Å². The van der Waals surface area contributed by atoms with Crippen molar-refractivity contribution in [2.24, 2.45) is 58.2 Å². The molecule has 0 aromatic rings. The van der Waals surface area contributed by atoms with Crippen LogP contribution in [-0.4, -0.2) is 12.1 Å². The highest BCUT2D eigenvalue weighted by atomic mass is 16.5.